The zero-order valence-corrected chi connectivity index (χ0v) is 29.3. The molecule has 2 amide bonds. The number of carbonyl (C=O) groups excluding carboxylic acids is 3. The zero-order valence-electron chi connectivity index (χ0n) is 27.7. The van der Waals surface area contributed by atoms with Crippen LogP contribution >= 0.6 is 11.6 Å². The molecule has 14 heteroatoms. The number of carbonyl (C=O) groups is 3. The standard InChI is InChI=1S/C34H38ClN3O9S/c1-20(2)32(40)47-23-17-27(31(39)36(3)4)37(19-23)34(24-10-8-9-11-28(24)45-6)25-16-21(35)12-14-26(25)38(33(34)41)48(42,43)30-15-13-22(44-5)18-29(30)46-7/h8-16,18,20,23,27H,17,19H2,1-7H3/t23-,27+,34+/m1/s1. The highest BCUT2D eigenvalue weighted by atomic mass is 35.5. The van der Waals surface area contributed by atoms with Gasteiger partial charge in [0.25, 0.3) is 15.9 Å². The molecular formula is C34H38ClN3O9S. The third-order valence-corrected chi connectivity index (χ3v) is 10.6. The fourth-order valence-electron chi connectivity index (χ4n) is 6.39. The number of para-hydroxylation sites is 1. The van der Waals surface area contributed by atoms with Crippen LogP contribution in [0.25, 0.3) is 0 Å². The molecule has 5 rings (SSSR count). The molecule has 3 aromatic rings. The minimum Gasteiger partial charge on any atom is -0.497 e. The van der Waals surface area contributed by atoms with Crippen molar-refractivity contribution in [3.63, 3.8) is 0 Å². The minimum atomic E-state index is -4.70. The molecule has 2 aliphatic rings. The van der Waals surface area contributed by atoms with Crippen molar-refractivity contribution in [1.82, 2.24) is 9.80 Å². The Morgan fingerprint density at radius 2 is 1.62 bits per heavy atom. The van der Waals surface area contributed by atoms with Gasteiger partial charge in [-0.25, -0.2) is 12.7 Å². The van der Waals surface area contributed by atoms with Crippen molar-refractivity contribution in [2.24, 2.45) is 5.92 Å². The monoisotopic (exact) mass is 699 g/mol. The first-order chi connectivity index (χ1) is 22.7. The third-order valence-electron chi connectivity index (χ3n) is 8.62. The predicted octanol–water partition coefficient (Wildman–Crippen LogP) is 4.08. The maximum atomic E-state index is 15.5. The van der Waals surface area contributed by atoms with Gasteiger partial charge in [-0.2, -0.15) is 0 Å². The van der Waals surface area contributed by atoms with Crippen molar-refractivity contribution < 1.29 is 41.7 Å². The van der Waals surface area contributed by atoms with Crippen LogP contribution in [-0.4, -0.2) is 90.1 Å². The molecule has 48 heavy (non-hydrogen) atoms. The fourth-order valence-corrected chi connectivity index (χ4v) is 8.17. The highest BCUT2D eigenvalue weighted by Crippen LogP contribution is 2.55. The van der Waals surface area contributed by atoms with Gasteiger partial charge in [-0.1, -0.05) is 43.6 Å². The number of methoxy groups -OCH3 is 3. The average molecular weight is 700 g/mol. The van der Waals surface area contributed by atoms with Crippen LogP contribution in [0.2, 0.25) is 5.02 Å². The van der Waals surface area contributed by atoms with Crippen molar-refractivity contribution in [2.45, 2.75) is 42.8 Å². The summed E-state index contributed by atoms with van der Waals surface area (Å²) < 4.78 is 52.5. The van der Waals surface area contributed by atoms with E-state index in [4.69, 9.17) is 30.5 Å². The Hall–Kier alpha value is -4.33. The molecule has 0 spiro atoms. The Morgan fingerprint density at radius 3 is 2.25 bits per heavy atom. The van der Waals surface area contributed by atoms with Crippen molar-refractivity contribution >= 4 is 45.1 Å². The molecule has 0 unspecified atom stereocenters. The number of fused-ring (bicyclic) bond motifs is 1. The Bertz CT molecular complexity index is 1870. The predicted molar refractivity (Wildman–Crippen MR) is 178 cm³/mol. The number of sulfonamides is 1. The van der Waals surface area contributed by atoms with E-state index in [2.05, 4.69) is 0 Å². The lowest BCUT2D eigenvalue weighted by molar-refractivity contribution is -0.152. The molecule has 3 atom stereocenters. The molecule has 0 aromatic heterocycles. The molecule has 3 aromatic carbocycles. The van der Waals surface area contributed by atoms with Crippen LogP contribution in [0.4, 0.5) is 5.69 Å². The maximum absolute atomic E-state index is 15.5. The molecule has 256 valence electrons. The zero-order chi connectivity index (χ0) is 35.1. The van der Waals surface area contributed by atoms with Crippen molar-refractivity contribution in [3.8, 4) is 17.2 Å². The van der Waals surface area contributed by atoms with E-state index in [1.165, 1.54) is 62.6 Å². The summed E-state index contributed by atoms with van der Waals surface area (Å²) in [4.78, 5) is 44.9. The fraction of sp³-hybridized carbons (Fsp3) is 0.382. The number of anilines is 1. The molecule has 0 aliphatic carbocycles. The molecule has 0 N–H and O–H groups in total. The van der Waals surface area contributed by atoms with Crippen LogP contribution in [-0.2, 0) is 34.7 Å². The average Bonchev–Trinajstić information content (AvgIpc) is 3.59. The van der Waals surface area contributed by atoms with Gasteiger partial charge in [-0.15, -0.1) is 0 Å². The summed E-state index contributed by atoms with van der Waals surface area (Å²) >= 11 is 6.60. The lowest BCUT2D eigenvalue weighted by Gasteiger charge is -2.42. The van der Waals surface area contributed by atoms with Gasteiger partial charge in [-0.05, 0) is 36.4 Å². The van der Waals surface area contributed by atoms with Crippen LogP contribution < -0.4 is 18.5 Å². The topological polar surface area (TPSA) is 132 Å². The summed E-state index contributed by atoms with van der Waals surface area (Å²) in [6.45, 7) is 3.31. The van der Waals surface area contributed by atoms with E-state index in [0.717, 1.165) is 4.31 Å². The van der Waals surface area contributed by atoms with E-state index >= 15 is 4.79 Å². The number of likely N-dealkylation sites (tertiary alicyclic amines) is 1. The number of rotatable bonds is 10. The summed E-state index contributed by atoms with van der Waals surface area (Å²) in [5, 5.41) is 0.222. The smallest absolute Gasteiger partial charge is 0.308 e. The Morgan fingerprint density at radius 1 is 0.938 bits per heavy atom. The summed E-state index contributed by atoms with van der Waals surface area (Å²) in [6.07, 6.45) is -0.752. The van der Waals surface area contributed by atoms with Crippen LogP contribution in [0.3, 0.4) is 0 Å². The Balaban J connectivity index is 1.84. The second kappa shape index (κ2) is 13.3. The number of benzene rings is 3. The molecule has 2 heterocycles. The van der Waals surface area contributed by atoms with E-state index < -0.39 is 45.5 Å². The Labute approximate surface area is 285 Å². The lowest BCUT2D eigenvalue weighted by Crippen LogP contribution is -2.59. The molecule has 1 saturated heterocycles. The van der Waals surface area contributed by atoms with Crippen LogP contribution in [0.1, 0.15) is 31.4 Å². The number of amides is 2. The van der Waals surface area contributed by atoms with E-state index in [-0.39, 0.29) is 57.1 Å². The number of likely N-dealkylation sites (N-methyl/N-ethyl adjacent to an activating group) is 1. The van der Waals surface area contributed by atoms with Crippen molar-refractivity contribution in [1.29, 1.82) is 0 Å². The second-order valence-corrected chi connectivity index (χ2v) is 14.2. The molecule has 0 saturated carbocycles. The molecule has 0 radical (unpaired) electrons. The van der Waals surface area contributed by atoms with E-state index in [0.29, 0.717) is 5.75 Å². The second-order valence-electron chi connectivity index (χ2n) is 12.0. The van der Waals surface area contributed by atoms with Crippen molar-refractivity contribution in [3.05, 3.63) is 76.8 Å². The summed E-state index contributed by atoms with van der Waals surface area (Å²) in [5.74, 6) is -1.64. The first-order valence-electron chi connectivity index (χ1n) is 15.2. The number of hydrogen-bond acceptors (Lipinski definition) is 10. The highest BCUT2D eigenvalue weighted by molar-refractivity contribution is 7.93. The summed E-state index contributed by atoms with van der Waals surface area (Å²) in [7, 11) is 2.64. The summed E-state index contributed by atoms with van der Waals surface area (Å²) in [6, 6.07) is 14.3. The highest BCUT2D eigenvalue weighted by Gasteiger charge is 2.64. The van der Waals surface area contributed by atoms with E-state index in [1.807, 2.05) is 0 Å². The number of nitrogens with zero attached hydrogens (tertiary/aromatic N) is 3. The normalized spacial score (nSPS) is 20.9. The third kappa shape index (κ3) is 5.63. The van der Waals surface area contributed by atoms with Gasteiger partial charge in [0.2, 0.25) is 5.91 Å². The first kappa shape index (κ1) is 35.0. The van der Waals surface area contributed by atoms with Gasteiger partial charge in [0, 0.05) is 49.3 Å². The van der Waals surface area contributed by atoms with E-state index in [1.54, 1.807) is 57.1 Å². The van der Waals surface area contributed by atoms with Gasteiger partial charge >= 0.3 is 5.97 Å². The Kier molecular flexibility index (Phi) is 9.69. The molecule has 2 aliphatic heterocycles. The van der Waals surface area contributed by atoms with Gasteiger partial charge in [0.15, 0.2) is 5.54 Å². The van der Waals surface area contributed by atoms with Crippen LogP contribution in [0.5, 0.6) is 17.2 Å². The van der Waals surface area contributed by atoms with Crippen LogP contribution in [0.15, 0.2) is 65.6 Å². The minimum absolute atomic E-state index is 0.0202. The van der Waals surface area contributed by atoms with Crippen LogP contribution in [0, 0.1) is 5.92 Å². The van der Waals surface area contributed by atoms with Gasteiger partial charge in [0.05, 0.1) is 39.0 Å². The van der Waals surface area contributed by atoms with Gasteiger partial charge < -0.3 is 23.8 Å². The quantitative estimate of drug-likeness (QED) is 0.285. The number of hydrogen-bond donors (Lipinski definition) is 0. The maximum Gasteiger partial charge on any atom is 0.308 e. The first-order valence-corrected chi connectivity index (χ1v) is 17.0. The van der Waals surface area contributed by atoms with E-state index in [9.17, 15) is 18.0 Å². The van der Waals surface area contributed by atoms with Crippen molar-refractivity contribution in [2.75, 3.05) is 46.3 Å². The largest absolute Gasteiger partial charge is 0.497 e. The molecule has 0 bridgehead atoms. The molecule has 12 nitrogen and oxygen atoms in total. The lowest BCUT2D eigenvalue weighted by atomic mass is 9.80. The molecule has 1 fully saturated rings. The van der Waals surface area contributed by atoms with Gasteiger partial charge in [0.1, 0.15) is 28.2 Å². The van der Waals surface area contributed by atoms with Gasteiger partial charge in [-0.3, -0.25) is 19.3 Å². The number of halogens is 1. The number of ether oxygens (including phenoxy) is 4. The molecular weight excluding hydrogens is 662 g/mol. The summed E-state index contributed by atoms with van der Waals surface area (Å²) in [5.41, 5.74) is -1.50. The number of esters is 1. The SMILES string of the molecule is COc1ccc(S(=O)(=O)N2C(=O)[C@@](c3ccccc3OC)(N3C[C@H](OC(=O)C(C)C)C[C@H]3C(=O)N(C)C)c3cc(Cl)ccc32)c(OC)c1.